The number of carbonyl (C=O) groups excluding carboxylic acids is 1. The lowest BCUT2D eigenvalue weighted by atomic mass is 9.91. The van der Waals surface area contributed by atoms with Gasteiger partial charge in [0.05, 0.1) is 34.5 Å². The second-order valence-corrected chi connectivity index (χ2v) is 7.26. The van der Waals surface area contributed by atoms with Crippen molar-refractivity contribution in [2.24, 2.45) is 0 Å². The third-order valence-electron chi connectivity index (χ3n) is 5.65. The highest BCUT2D eigenvalue weighted by molar-refractivity contribution is 5.96. The Morgan fingerprint density at radius 2 is 1.73 bits per heavy atom. The molecular weight excluding hydrogens is 384 g/mol. The first-order valence-electron chi connectivity index (χ1n) is 9.89. The van der Waals surface area contributed by atoms with Crippen LogP contribution in [0.15, 0.2) is 30.3 Å². The second-order valence-electron chi connectivity index (χ2n) is 7.26. The largest absolute Gasteiger partial charge is 0.497 e. The summed E-state index contributed by atoms with van der Waals surface area (Å²) < 4.78 is 21.5. The van der Waals surface area contributed by atoms with E-state index in [9.17, 15) is 4.79 Å². The van der Waals surface area contributed by atoms with E-state index in [1.54, 1.807) is 19.2 Å². The normalized spacial score (nSPS) is 15.4. The number of hydrogen-bond donors (Lipinski definition) is 2. The molecule has 0 saturated heterocycles. The van der Waals surface area contributed by atoms with Gasteiger partial charge >= 0.3 is 0 Å². The summed E-state index contributed by atoms with van der Waals surface area (Å²) in [4.78, 5) is 16.6. The van der Waals surface area contributed by atoms with E-state index >= 15 is 0 Å². The Bertz CT molecular complexity index is 1060. The summed E-state index contributed by atoms with van der Waals surface area (Å²) in [5.74, 6) is 1.99. The zero-order chi connectivity index (χ0) is 21.3. The third-order valence-corrected chi connectivity index (χ3v) is 5.65. The molecule has 1 aliphatic rings. The van der Waals surface area contributed by atoms with Gasteiger partial charge in [0.25, 0.3) is 5.91 Å². The van der Waals surface area contributed by atoms with E-state index in [1.165, 1.54) is 26.9 Å². The van der Waals surface area contributed by atoms with Crippen LogP contribution < -0.4 is 24.3 Å². The number of amides is 1. The number of rotatable bonds is 6. The third kappa shape index (κ3) is 3.40. The lowest BCUT2D eigenvalue weighted by molar-refractivity contribution is 0.0931. The van der Waals surface area contributed by atoms with Crippen molar-refractivity contribution in [2.75, 3.05) is 28.4 Å². The van der Waals surface area contributed by atoms with Gasteiger partial charge in [-0.1, -0.05) is 0 Å². The molecule has 3 aromatic rings. The number of methoxy groups -OCH3 is 4. The van der Waals surface area contributed by atoms with Gasteiger partial charge in [0.1, 0.15) is 5.75 Å². The van der Waals surface area contributed by atoms with Gasteiger partial charge in [0.2, 0.25) is 5.75 Å². The van der Waals surface area contributed by atoms with Crippen molar-refractivity contribution in [3.63, 3.8) is 0 Å². The van der Waals surface area contributed by atoms with Gasteiger partial charge in [0, 0.05) is 22.2 Å². The van der Waals surface area contributed by atoms with Crippen LogP contribution >= 0.6 is 0 Å². The molecule has 1 amide bonds. The Balaban J connectivity index is 1.65. The number of hydrogen-bond acceptors (Lipinski definition) is 5. The van der Waals surface area contributed by atoms with E-state index in [4.69, 9.17) is 18.9 Å². The van der Waals surface area contributed by atoms with Crippen LogP contribution in [-0.2, 0) is 6.42 Å². The summed E-state index contributed by atoms with van der Waals surface area (Å²) in [5.41, 5.74) is 3.81. The number of aromatic nitrogens is 1. The predicted molar refractivity (Wildman–Crippen MR) is 114 cm³/mol. The smallest absolute Gasteiger partial charge is 0.252 e. The number of ether oxygens (including phenoxy) is 4. The highest BCUT2D eigenvalue weighted by Crippen LogP contribution is 2.39. The fraction of sp³-hybridized carbons (Fsp3) is 0.348. The fourth-order valence-corrected chi connectivity index (χ4v) is 4.17. The van der Waals surface area contributed by atoms with E-state index in [0.717, 1.165) is 41.6 Å². The van der Waals surface area contributed by atoms with Crippen LogP contribution in [0.3, 0.4) is 0 Å². The maximum atomic E-state index is 13.1. The van der Waals surface area contributed by atoms with E-state index in [0.29, 0.717) is 22.8 Å². The summed E-state index contributed by atoms with van der Waals surface area (Å²) in [7, 11) is 6.27. The average molecular weight is 410 g/mol. The summed E-state index contributed by atoms with van der Waals surface area (Å²) in [6, 6.07) is 9.23. The van der Waals surface area contributed by atoms with Crippen LogP contribution in [0, 0.1) is 0 Å². The van der Waals surface area contributed by atoms with Crippen LogP contribution in [-0.4, -0.2) is 39.3 Å². The van der Waals surface area contributed by atoms with E-state index in [1.807, 2.05) is 18.2 Å². The number of carbonyl (C=O) groups is 1. The van der Waals surface area contributed by atoms with Gasteiger partial charge in [0.15, 0.2) is 11.5 Å². The summed E-state index contributed by atoms with van der Waals surface area (Å²) in [5, 5.41) is 4.32. The highest BCUT2D eigenvalue weighted by atomic mass is 16.5. The number of benzene rings is 2. The van der Waals surface area contributed by atoms with Gasteiger partial charge in [-0.3, -0.25) is 4.79 Å². The van der Waals surface area contributed by atoms with E-state index < -0.39 is 0 Å². The maximum Gasteiger partial charge on any atom is 0.252 e. The molecule has 0 saturated carbocycles. The Labute approximate surface area is 175 Å². The van der Waals surface area contributed by atoms with Crippen molar-refractivity contribution in [2.45, 2.75) is 25.3 Å². The van der Waals surface area contributed by atoms with E-state index in [-0.39, 0.29) is 11.9 Å². The van der Waals surface area contributed by atoms with E-state index in [2.05, 4.69) is 10.3 Å². The number of nitrogens with one attached hydrogen (secondary N) is 2. The van der Waals surface area contributed by atoms with Crippen LogP contribution in [0.2, 0.25) is 0 Å². The molecule has 2 N–H and O–H groups in total. The molecule has 7 nitrogen and oxygen atoms in total. The van der Waals surface area contributed by atoms with Crippen LogP contribution in [0.4, 0.5) is 0 Å². The van der Waals surface area contributed by atoms with Gasteiger partial charge in [-0.05, 0) is 55.2 Å². The second kappa shape index (κ2) is 8.18. The van der Waals surface area contributed by atoms with Crippen molar-refractivity contribution >= 4 is 16.8 Å². The molecule has 0 bridgehead atoms. The lowest BCUT2D eigenvalue weighted by Gasteiger charge is -2.24. The summed E-state index contributed by atoms with van der Waals surface area (Å²) in [6.45, 7) is 0. The van der Waals surface area contributed by atoms with Gasteiger partial charge in [-0.25, -0.2) is 0 Å². The van der Waals surface area contributed by atoms with Crippen molar-refractivity contribution in [3.8, 4) is 23.0 Å². The molecule has 1 heterocycles. The Morgan fingerprint density at radius 1 is 1.00 bits per heavy atom. The quantitative estimate of drug-likeness (QED) is 0.642. The first kappa shape index (κ1) is 19.9. The van der Waals surface area contributed by atoms with Crippen LogP contribution in [0.5, 0.6) is 23.0 Å². The van der Waals surface area contributed by atoms with Crippen molar-refractivity contribution < 1.29 is 23.7 Å². The van der Waals surface area contributed by atoms with Crippen molar-refractivity contribution in [1.82, 2.24) is 10.3 Å². The predicted octanol–water partition coefficient (Wildman–Crippen LogP) is 4.01. The summed E-state index contributed by atoms with van der Waals surface area (Å²) in [6.07, 6.45) is 2.84. The molecule has 158 valence electrons. The number of H-pyrrole nitrogens is 1. The SMILES string of the molecule is COc1ccc2[nH]c3c(c2c1)CCCC3NC(=O)c1cc(OC)c(OC)c(OC)c1. The molecule has 1 atom stereocenters. The molecule has 7 heteroatoms. The minimum Gasteiger partial charge on any atom is -0.497 e. The average Bonchev–Trinajstić information content (AvgIpc) is 3.16. The molecule has 1 aliphatic carbocycles. The van der Waals surface area contributed by atoms with Crippen LogP contribution in [0.1, 0.15) is 40.5 Å². The van der Waals surface area contributed by atoms with Crippen LogP contribution in [0.25, 0.3) is 10.9 Å². The molecule has 1 unspecified atom stereocenters. The topological polar surface area (TPSA) is 81.8 Å². The Hall–Kier alpha value is -3.35. The highest BCUT2D eigenvalue weighted by Gasteiger charge is 2.27. The zero-order valence-corrected chi connectivity index (χ0v) is 17.6. The minimum atomic E-state index is -0.191. The number of fused-ring (bicyclic) bond motifs is 3. The standard InChI is InChI=1S/C23H26N2O5/c1-27-14-8-9-17-16(12-14)15-6-5-7-18(21(15)24-17)25-23(26)13-10-19(28-2)22(30-4)20(11-13)29-3/h8-12,18,24H,5-7H2,1-4H3,(H,25,26). The Morgan fingerprint density at radius 3 is 2.37 bits per heavy atom. The molecule has 2 aromatic carbocycles. The molecule has 1 aromatic heterocycles. The zero-order valence-electron chi connectivity index (χ0n) is 17.6. The van der Waals surface area contributed by atoms with Crippen molar-refractivity contribution in [1.29, 1.82) is 0 Å². The molecule has 0 aliphatic heterocycles. The van der Waals surface area contributed by atoms with Crippen molar-refractivity contribution in [3.05, 3.63) is 47.2 Å². The maximum absolute atomic E-state index is 13.1. The lowest BCUT2D eigenvalue weighted by Crippen LogP contribution is -2.31. The number of aryl methyl sites for hydroxylation is 1. The van der Waals surface area contributed by atoms with Gasteiger partial charge < -0.3 is 29.2 Å². The summed E-state index contributed by atoms with van der Waals surface area (Å²) >= 11 is 0. The monoisotopic (exact) mass is 410 g/mol. The van der Waals surface area contributed by atoms with Gasteiger partial charge in [-0.2, -0.15) is 0 Å². The molecule has 4 rings (SSSR count). The molecular formula is C23H26N2O5. The fourth-order valence-electron chi connectivity index (χ4n) is 4.17. The minimum absolute atomic E-state index is 0.0984. The molecule has 0 fully saturated rings. The number of aromatic amines is 1. The Kier molecular flexibility index (Phi) is 5.44. The molecule has 30 heavy (non-hydrogen) atoms. The first-order chi connectivity index (χ1) is 14.6. The molecule has 0 radical (unpaired) electrons. The molecule has 0 spiro atoms. The van der Waals surface area contributed by atoms with Gasteiger partial charge in [-0.15, -0.1) is 0 Å². The first-order valence-corrected chi connectivity index (χ1v) is 9.89.